The van der Waals surface area contributed by atoms with Crippen molar-refractivity contribution < 1.29 is 4.79 Å². The first kappa shape index (κ1) is 22.6. The van der Waals surface area contributed by atoms with Gasteiger partial charge >= 0.3 is 0 Å². The third kappa shape index (κ3) is 9.07. The van der Waals surface area contributed by atoms with E-state index in [9.17, 15) is 4.79 Å². The number of carbonyl (C=O) groups is 1. The number of rotatable bonds is 6. The highest BCUT2D eigenvalue weighted by molar-refractivity contribution is 5.48. The third-order valence-corrected chi connectivity index (χ3v) is 4.31. The van der Waals surface area contributed by atoms with E-state index in [4.69, 9.17) is 0 Å². The van der Waals surface area contributed by atoms with Crippen LogP contribution < -0.4 is 5.32 Å². The molecule has 0 saturated carbocycles. The molecule has 24 heavy (non-hydrogen) atoms. The summed E-state index contributed by atoms with van der Waals surface area (Å²) in [5.41, 5.74) is 2.66. The molecule has 0 unspecified atom stereocenters. The van der Waals surface area contributed by atoms with E-state index < -0.39 is 0 Å². The van der Waals surface area contributed by atoms with Crippen LogP contribution in [0.4, 0.5) is 0 Å². The van der Waals surface area contributed by atoms with Gasteiger partial charge in [0.05, 0.1) is 0 Å². The number of carbonyl (C=O) groups excluding carboxylic acids is 1. The minimum atomic E-state index is 0.424. The van der Waals surface area contributed by atoms with Gasteiger partial charge in [-0.2, -0.15) is 0 Å². The summed E-state index contributed by atoms with van der Waals surface area (Å²) in [5.74, 6) is 0. The lowest BCUT2D eigenvalue weighted by Crippen LogP contribution is -2.43. The van der Waals surface area contributed by atoms with Crippen molar-refractivity contribution in [2.75, 3.05) is 19.6 Å². The fourth-order valence-electron chi connectivity index (χ4n) is 2.60. The van der Waals surface area contributed by atoms with Gasteiger partial charge in [0, 0.05) is 12.6 Å². The average Bonchev–Trinajstić information content (AvgIpc) is 2.66. The molecule has 1 fully saturated rings. The van der Waals surface area contributed by atoms with Gasteiger partial charge in [-0.25, -0.2) is 0 Å². The first-order chi connectivity index (χ1) is 11.7. The summed E-state index contributed by atoms with van der Waals surface area (Å²) in [7, 11) is 0. The SMILES string of the molecule is CC.CCCC.Cc1ccccc1CCN(C=O)C1CCNCC1. The van der Waals surface area contributed by atoms with Gasteiger partial charge in [-0.05, 0) is 50.4 Å². The topological polar surface area (TPSA) is 32.3 Å². The Bertz CT molecular complexity index is 412. The second-order valence-corrected chi connectivity index (χ2v) is 6.00. The average molecular weight is 335 g/mol. The number of aryl methyl sites for hydroxylation is 1. The smallest absolute Gasteiger partial charge is 0.209 e. The van der Waals surface area contributed by atoms with Crippen molar-refractivity contribution in [2.45, 2.75) is 72.8 Å². The Kier molecular flexibility index (Phi) is 14.3. The van der Waals surface area contributed by atoms with Gasteiger partial charge in [-0.15, -0.1) is 0 Å². The van der Waals surface area contributed by atoms with Gasteiger partial charge < -0.3 is 10.2 Å². The highest BCUT2D eigenvalue weighted by Crippen LogP contribution is 2.13. The highest BCUT2D eigenvalue weighted by atomic mass is 16.1. The summed E-state index contributed by atoms with van der Waals surface area (Å²) in [4.78, 5) is 13.2. The Balaban J connectivity index is 0.000000773. The maximum Gasteiger partial charge on any atom is 0.209 e. The molecule has 0 radical (unpaired) electrons. The number of nitrogens with zero attached hydrogens (tertiary/aromatic N) is 1. The molecule has 1 aromatic rings. The molecule has 1 N–H and O–H groups in total. The van der Waals surface area contributed by atoms with Crippen LogP contribution in [0.15, 0.2) is 24.3 Å². The van der Waals surface area contributed by atoms with Gasteiger partial charge in [-0.1, -0.05) is 64.8 Å². The first-order valence-corrected chi connectivity index (χ1v) is 9.69. The zero-order valence-electron chi connectivity index (χ0n) is 16.5. The van der Waals surface area contributed by atoms with Crippen molar-refractivity contribution in [3.63, 3.8) is 0 Å². The Morgan fingerprint density at radius 1 is 1.12 bits per heavy atom. The van der Waals surface area contributed by atoms with Crippen LogP contribution in [0.2, 0.25) is 0 Å². The Morgan fingerprint density at radius 2 is 1.71 bits per heavy atom. The van der Waals surface area contributed by atoms with E-state index in [2.05, 4.69) is 50.4 Å². The van der Waals surface area contributed by atoms with E-state index in [0.717, 1.165) is 45.3 Å². The number of hydrogen-bond donors (Lipinski definition) is 1. The number of nitrogens with one attached hydrogen (secondary N) is 1. The Hall–Kier alpha value is -1.35. The van der Waals surface area contributed by atoms with Crippen LogP contribution >= 0.6 is 0 Å². The van der Waals surface area contributed by atoms with Crippen molar-refractivity contribution >= 4 is 6.41 Å². The van der Waals surface area contributed by atoms with E-state index in [0.29, 0.717) is 6.04 Å². The lowest BCUT2D eigenvalue weighted by molar-refractivity contribution is -0.120. The standard InChI is InChI=1S/C15H22N2O.C4H10.C2H6/c1-13-4-2-3-5-14(13)8-11-17(12-18)15-6-9-16-10-7-15;1-3-4-2;1-2/h2-5,12,15-16H,6-11H2,1H3;3-4H2,1-2H3;1-2H3. The number of piperidine rings is 1. The molecule has 1 aliphatic rings. The summed E-state index contributed by atoms with van der Waals surface area (Å²) in [6.07, 6.45) is 6.77. The van der Waals surface area contributed by atoms with Crippen molar-refractivity contribution in [1.82, 2.24) is 10.2 Å². The van der Waals surface area contributed by atoms with Crippen LogP contribution in [0.5, 0.6) is 0 Å². The summed E-state index contributed by atoms with van der Waals surface area (Å²) in [5, 5.41) is 3.33. The monoisotopic (exact) mass is 334 g/mol. The van der Waals surface area contributed by atoms with Gasteiger partial charge in [0.2, 0.25) is 6.41 Å². The highest BCUT2D eigenvalue weighted by Gasteiger charge is 2.19. The number of amides is 1. The molecule has 1 aromatic carbocycles. The molecule has 0 bridgehead atoms. The molecule has 3 nitrogen and oxygen atoms in total. The molecular weight excluding hydrogens is 296 g/mol. The molecule has 3 heteroatoms. The minimum Gasteiger partial charge on any atom is -0.342 e. The van der Waals surface area contributed by atoms with Crippen LogP contribution in [0.1, 0.15) is 64.5 Å². The molecule has 0 atom stereocenters. The zero-order valence-corrected chi connectivity index (χ0v) is 16.5. The van der Waals surface area contributed by atoms with Crippen LogP contribution in [0.3, 0.4) is 0 Å². The van der Waals surface area contributed by atoms with Crippen LogP contribution in [-0.4, -0.2) is 37.0 Å². The van der Waals surface area contributed by atoms with Gasteiger partial charge in [0.15, 0.2) is 0 Å². The second kappa shape index (κ2) is 15.2. The summed E-state index contributed by atoms with van der Waals surface area (Å²) >= 11 is 0. The fraction of sp³-hybridized carbons (Fsp3) is 0.667. The quantitative estimate of drug-likeness (QED) is 0.772. The van der Waals surface area contributed by atoms with E-state index in [1.165, 1.54) is 24.0 Å². The lowest BCUT2D eigenvalue weighted by atomic mass is 10.0. The van der Waals surface area contributed by atoms with Crippen LogP contribution in [0.25, 0.3) is 0 Å². The second-order valence-electron chi connectivity index (χ2n) is 6.00. The number of unbranched alkanes of at least 4 members (excludes halogenated alkanes) is 1. The molecule has 0 aromatic heterocycles. The number of benzene rings is 1. The van der Waals surface area contributed by atoms with Gasteiger partial charge in [0.1, 0.15) is 0 Å². The van der Waals surface area contributed by atoms with Gasteiger partial charge in [-0.3, -0.25) is 4.79 Å². The molecule has 1 amide bonds. The predicted molar refractivity (Wildman–Crippen MR) is 105 cm³/mol. The predicted octanol–water partition coefficient (Wildman–Crippen LogP) is 4.58. The molecule has 2 rings (SSSR count). The van der Waals surface area contributed by atoms with Crippen molar-refractivity contribution in [3.05, 3.63) is 35.4 Å². The summed E-state index contributed by atoms with van der Waals surface area (Å²) in [6, 6.07) is 8.83. The minimum absolute atomic E-state index is 0.424. The Labute approximate surface area is 149 Å². The third-order valence-electron chi connectivity index (χ3n) is 4.31. The molecule has 0 spiro atoms. The maximum absolute atomic E-state index is 11.2. The maximum atomic E-state index is 11.2. The summed E-state index contributed by atoms with van der Waals surface area (Å²) in [6.45, 7) is 13.4. The van der Waals surface area contributed by atoms with E-state index >= 15 is 0 Å². The van der Waals surface area contributed by atoms with Crippen molar-refractivity contribution in [3.8, 4) is 0 Å². The first-order valence-electron chi connectivity index (χ1n) is 9.69. The van der Waals surface area contributed by atoms with E-state index in [-0.39, 0.29) is 0 Å². The molecule has 1 saturated heterocycles. The molecule has 1 aliphatic heterocycles. The normalized spacial score (nSPS) is 13.9. The fourth-order valence-corrected chi connectivity index (χ4v) is 2.60. The van der Waals surface area contributed by atoms with Crippen molar-refractivity contribution in [2.24, 2.45) is 0 Å². The lowest BCUT2D eigenvalue weighted by Gasteiger charge is -2.32. The zero-order chi connectivity index (χ0) is 18.2. The van der Waals surface area contributed by atoms with Crippen LogP contribution in [-0.2, 0) is 11.2 Å². The molecule has 1 heterocycles. The molecule has 0 aliphatic carbocycles. The van der Waals surface area contributed by atoms with Crippen LogP contribution in [0, 0.1) is 6.92 Å². The summed E-state index contributed by atoms with van der Waals surface area (Å²) < 4.78 is 0. The van der Waals surface area contributed by atoms with Crippen molar-refractivity contribution in [1.29, 1.82) is 0 Å². The Morgan fingerprint density at radius 3 is 2.21 bits per heavy atom. The molecule has 138 valence electrons. The van der Waals surface area contributed by atoms with E-state index in [1.54, 1.807) is 0 Å². The number of hydrogen-bond acceptors (Lipinski definition) is 2. The molecular formula is C21H38N2O. The largest absolute Gasteiger partial charge is 0.342 e. The van der Waals surface area contributed by atoms with Gasteiger partial charge in [0.25, 0.3) is 0 Å². The van der Waals surface area contributed by atoms with E-state index in [1.807, 2.05) is 18.7 Å².